The average Bonchev–Trinajstić information content (AvgIpc) is 3.43. The molecule has 0 fully saturated rings. The predicted molar refractivity (Wildman–Crippen MR) is 159 cm³/mol. The minimum atomic E-state index is -5.36. The third kappa shape index (κ3) is 8.09. The zero-order valence-electron chi connectivity index (χ0n) is 23.8. The molecule has 4 aromatic rings. The lowest BCUT2D eigenvalue weighted by atomic mass is 10.1. The molecule has 248 valence electrons. The monoisotopic (exact) mass is 720 g/mol. The molecule has 0 saturated carbocycles. The second-order valence-corrected chi connectivity index (χ2v) is 12.8. The largest absolute Gasteiger partial charge is 0.474 e. The summed E-state index contributed by atoms with van der Waals surface area (Å²) in [6, 6.07) is 11.0. The van der Waals surface area contributed by atoms with Crippen molar-refractivity contribution >= 4 is 56.3 Å². The summed E-state index contributed by atoms with van der Waals surface area (Å²) in [6.07, 6.45) is -8.25. The third-order valence-corrected chi connectivity index (χ3v) is 8.52. The average molecular weight is 721 g/mol. The Hall–Kier alpha value is -4.48. The van der Waals surface area contributed by atoms with Gasteiger partial charge in [0.15, 0.2) is 11.5 Å². The van der Waals surface area contributed by atoms with Gasteiger partial charge in [-0.1, -0.05) is 41.4 Å². The van der Waals surface area contributed by atoms with Crippen LogP contribution >= 0.6 is 23.2 Å². The van der Waals surface area contributed by atoms with Gasteiger partial charge in [0.1, 0.15) is 5.69 Å². The van der Waals surface area contributed by atoms with E-state index in [1.165, 1.54) is 55.6 Å². The molecule has 0 saturated heterocycles. The molecule has 4 rings (SSSR count). The summed E-state index contributed by atoms with van der Waals surface area (Å²) >= 11 is 12.3. The summed E-state index contributed by atoms with van der Waals surface area (Å²) < 4.78 is 95.6. The molecule has 19 heteroatoms. The first-order valence-electron chi connectivity index (χ1n) is 12.9. The molecule has 1 atom stereocenters. The molecule has 2 N–H and O–H groups in total. The highest BCUT2D eigenvalue weighted by Crippen LogP contribution is 2.32. The fraction of sp³-hybridized carbons (Fsp3) is 0.179. The number of aryl methyl sites for hydroxylation is 1. The highest BCUT2D eigenvalue weighted by Gasteiger charge is 2.40. The molecule has 0 aliphatic carbocycles. The molecular formula is C28H20Cl2F6N6O4S. The zero-order valence-corrected chi connectivity index (χ0v) is 26.2. The standard InChI is InChI=1S/C28H20Cl2F6N6O4S/c1-14-10-16(29)11-17(24(43)38-13-15-6-3-4-8-20(15)47(2,46)41-26(45)28(34,35)36)22(14)39-25(44)19-12-21(27(31,32)33)40-42(19)23-18(30)7-5-9-37-23/h3-12H,13H2,1-2H3,(H,38,43)(H,39,44). The fourth-order valence-electron chi connectivity index (χ4n) is 4.19. The number of amides is 3. The molecule has 47 heavy (non-hydrogen) atoms. The number of rotatable bonds is 7. The Labute approximate surface area is 272 Å². The molecule has 3 amide bonds. The number of carbonyl (C=O) groups is 3. The van der Waals surface area contributed by atoms with Gasteiger partial charge < -0.3 is 10.6 Å². The number of benzene rings is 2. The van der Waals surface area contributed by atoms with Crippen LogP contribution in [-0.4, -0.2) is 49.1 Å². The zero-order chi connectivity index (χ0) is 34.9. The van der Waals surface area contributed by atoms with E-state index in [-0.39, 0.29) is 43.1 Å². The van der Waals surface area contributed by atoms with Crippen molar-refractivity contribution in [3.63, 3.8) is 0 Å². The summed E-state index contributed by atoms with van der Waals surface area (Å²) in [4.78, 5) is 41.9. The van der Waals surface area contributed by atoms with Gasteiger partial charge in [-0.05, 0) is 48.4 Å². The SMILES string of the molecule is Cc1cc(Cl)cc(C(=O)NCc2ccccc2S(C)(=O)=NC(=O)C(F)(F)F)c1NC(=O)c1cc(C(F)(F)F)nn1-c1ncccc1Cl. The molecule has 2 heterocycles. The van der Waals surface area contributed by atoms with Crippen molar-refractivity contribution in [3.05, 3.63) is 98.9 Å². The van der Waals surface area contributed by atoms with Crippen molar-refractivity contribution in [1.82, 2.24) is 20.1 Å². The number of halogens is 8. The van der Waals surface area contributed by atoms with Gasteiger partial charge in [-0.2, -0.15) is 31.4 Å². The number of hydrogen-bond donors (Lipinski definition) is 2. The summed E-state index contributed by atoms with van der Waals surface area (Å²) in [6.45, 7) is 1.02. The minimum absolute atomic E-state index is 0.0387. The lowest BCUT2D eigenvalue weighted by molar-refractivity contribution is -0.169. The number of alkyl halides is 6. The van der Waals surface area contributed by atoms with E-state index in [4.69, 9.17) is 23.2 Å². The van der Waals surface area contributed by atoms with E-state index >= 15 is 0 Å². The maximum absolute atomic E-state index is 13.6. The molecular weight excluding hydrogens is 701 g/mol. The second-order valence-electron chi connectivity index (χ2n) is 9.72. The Morgan fingerprint density at radius 3 is 2.30 bits per heavy atom. The van der Waals surface area contributed by atoms with Gasteiger partial charge in [-0.3, -0.25) is 14.4 Å². The third-order valence-electron chi connectivity index (χ3n) is 6.28. The van der Waals surface area contributed by atoms with E-state index in [1.54, 1.807) is 0 Å². The summed E-state index contributed by atoms with van der Waals surface area (Å²) in [5.74, 6) is -4.87. The first-order chi connectivity index (χ1) is 21.8. The van der Waals surface area contributed by atoms with Gasteiger partial charge in [0, 0.05) is 30.1 Å². The van der Waals surface area contributed by atoms with Gasteiger partial charge in [0.25, 0.3) is 11.8 Å². The summed E-state index contributed by atoms with van der Waals surface area (Å²) in [7, 11) is -3.92. The van der Waals surface area contributed by atoms with Crippen LogP contribution < -0.4 is 10.6 Å². The van der Waals surface area contributed by atoms with Crippen LogP contribution in [0.2, 0.25) is 10.0 Å². The second kappa shape index (κ2) is 13.3. The lowest BCUT2D eigenvalue weighted by Gasteiger charge is -2.16. The number of nitrogens with zero attached hydrogens (tertiary/aromatic N) is 4. The van der Waals surface area contributed by atoms with Crippen molar-refractivity contribution in [3.8, 4) is 5.82 Å². The normalized spacial score (nSPS) is 13.1. The van der Waals surface area contributed by atoms with E-state index in [9.17, 15) is 44.9 Å². The molecule has 2 aromatic carbocycles. The first kappa shape index (κ1) is 35.4. The Morgan fingerprint density at radius 1 is 0.979 bits per heavy atom. The topological polar surface area (TPSA) is 135 Å². The first-order valence-corrected chi connectivity index (χ1v) is 15.6. The fourth-order valence-corrected chi connectivity index (χ4v) is 6.14. The molecule has 2 aromatic heterocycles. The van der Waals surface area contributed by atoms with Crippen LogP contribution in [-0.2, 0) is 27.2 Å². The van der Waals surface area contributed by atoms with Gasteiger partial charge in [-0.15, -0.1) is 4.36 Å². The number of pyridine rings is 1. The summed E-state index contributed by atoms with van der Waals surface area (Å²) in [5, 5.41) is 8.26. The van der Waals surface area contributed by atoms with Crippen molar-refractivity contribution in [2.24, 2.45) is 4.36 Å². The van der Waals surface area contributed by atoms with Crippen molar-refractivity contribution in [1.29, 1.82) is 0 Å². The van der Waals surface area contributed by atoms with Crippen LogP contribution in [0.3, 0.4) is 0 Å². The highest BCUT2D eigenvalue weighted by atomic mass is 35.5. The van der Waals surface area contributed by atoms with E-state index < -0.39 is 57.7 Å². The Bertz CT molecular complexity index is 2020. The number of nitrogens with one attached hydrogen (secondary N) is 2. The number of carbonyl (C=O) groups excluding carboxylic acids is 3. The van der Waals surface area contributed by atoms with E-state index in [0.717, 1.165) is 12.3 Å². The summed E-state index contributed by atoms with van der Waals surface area (Å²) in [5.41, 5.74) is -2.22. The quantitative estimate of drug-likeness (QED) is 0.206. The van der Waals surface area contributed by atoms with Crippen LogP contribution in [0.4, 0.5) is 32.0 Å². The smallest absolute Gasteiger partial charge is 0.348 e. The Morgan fingerprint density at radius 2 is 1.66 bits per heavy atom. The molecule has 0 radical (unpaired) electrons. The van der Waals surface area contributed by atoms with Crippen LogP contribution in [0.15, 0.2) is 70.1 Å². The number of anilines is 1. The van der Waals surface area contributed by atoms with Gasteiger partial charge in [-0.25, -0.2) is 13.9 Å². The van der Waals surface area contributed by atoms with Crippen LogP contribution in [0.25, 0.3) is 5.82 Å². The van der Waals surface area contributed by atoms with E-state index in [1.807, 2.05) is 0 Å². The van der Waals surface area contributed by atoms with Crippen LogP contribution in [0.5, 0.6) is 0 Å². The Balaban J connectivity index is 1.68. The van der Waals surface area contributed by atoms with Crippen molar-refractivity contribution < 1.29 is 44.9 Å². The number of aromatic nitrogens is 3. The maximum atomic E-state index is 13.6. The van der Waals surface area contributed by atoms with E-state index in [0.29, 0.717) is 10.7 Å². The lowest BCUT2D eigenvalue weighted by Crippen LogP contribution is -2.27. The molecule has 1 unspecified atom stereocenters. The minimum Gasteiger partial charge on any atom is -0.348 e. The van der Waals surface area contributed by atoms with Crippen molar-refractivity contribution in [2.45, 2.75) is 30.7 Å². The van der Waals surface area contributed by atoms with Crippen LogP contribution in [0, 0.1) is 6.92 Å². The highest BCUT2D eigenvalue weighted by molar-refractivity contribution is 7.93. The molecule has 0 bridgehead atoms. The van der Waals surface area contributed by atoms with E-state index in [2.05, 4.69) is 25.1 Å². The molecule has 0 aliphatic heterocycles. The van der Waals surface area contributed by atoms with Crippen LogP contribution in [0.1, 0.15) is 37.7 Å². The van der Waals surface area contributed by atoms with Gasteiger partial charge in [0.05, 0.1) is 30.9 Å². The molecule has 0 aliphatic rings. The van der Waals surface area contributed by atoms with Crippen molar-refractivity contribution in [2.75, 3.05) is 11.6 Å². The maximum Gasteiger partial charge on any atom is 0.474 e. The Kier molecular flexibility index (Phi) is 10.0. The number of hydrogen-bond acceptors (Lipinski definition) is 6. The predicted octanol–water partition coefficient (Wildman–Crippen LogP) is 6.63. The van der Waals surface area contributed by atoms with Gasteiger partial charge in [0.2, 0.25) is 0 Å². The molecule has 10 nitrogen and oxygen atoms in total. The van der Waals surface area contributed by atoms with Gasteiger partial charge >= 0.3 is 18.3 Å². The molecule has 0 spiro atoms.